The minimum Gasteiger partial charge on any atom is -0.456 e. The van der Waals surface area contributed by atoms with Gasteiger partial charge in [-0.15, -0.1) is 9.05 Å². The third-order valence-electron chi connectivity index (χ3n) is 8.61. The molecular weight excluding hydrogens is 665 g/mol. The van der Waals surface area contributed by atoms with Gasteiger partial charge in [0, 0.05) is 18.3 Å². The molecule has 2 aliphatic rings. The molecule has 49 heavy (non-hydrogen) atoms. The zero-order valence-electron chi connectivity index (χ0n) is 26.6. The maximum atomic E-state index is 13.1. The first kappa shape index (κ1) is 32.9. The van der Waals surface area contributed by atoms with Crippen molar-refractivity contribution in [1.29, 1.82) is 0 Å². The Balaban J connectivity index is 1.07. The van der Waals surface area contributed by atoms with Crippen molar-refractivity contribution in [3.8, 4) is 11.1 Å². The van der Waals surface area contributed by atoms with Crippen LogP contribution in [0.1, 0.15) is 53.9 Å². The molecule has 0 saturated carbocycles. The summed E-state index contributed by atoms with van der Waals surface area (Å²) < 4.78 is 26.0. The van der Waals surface area contributed by atoms with Gasteiger partial charge in [0.1, 0.15) is 31.6 Å². The van der Waals surface area contributed by atoms with E-state index in [-0.39, 0.29) is 47.9 Å². The van der Waals surface area contributed by atoms with Gasteiger partial charge in [-0.3, -0.25) is 24.5 Å². The Bertz CT molecular complexity index is 2060. The third kappa shape index (κ3) is 6.81. The number of carbonyl (C=O) groups is 2. The number of nitrogens with one attached hydrogen (secondary N) is 2. The molecule has 1 aliphatic heterocycles. The summed E-state index contributed by atoms with van der Waals surface area (Å²) in [5.74, 6) is -1.13. The lowest BCUT2D eigenvalue weighted by molar-refractivity contribution is -0.118. The van der Waals surface area contributed by atoms with E-state index in [2.05, 4.69) is 44.5 Å². The summed E-state index contributed by atoms with van der Waals surface area (Å²) in [5.41, 5.74) is 4.89. The largest absolute Gasteiger partial charge is 0.521 e. The molecule has 4 atom stereocenters. The van der Waals surface area contributed by atoms with E-state index < -0.39 is 37.1 Å². The molecule has 250 valence electrons. The number of benzene rings is 3. The van der Waals surface area contributed by atoms with Crippen LogP contribution in [-0.4, -0.2) is 56.8 Å². The van der Waals surface area contributed by atoms with Crippen LogP contribution in [0.3, 0.4) is 0 Å². The van der Waals surface area contributed by atoms with E-state index in [4.69, 9.17) is 30.3 Å². The molecule has 0 bridgehead atoms. The van der Waals surface area contributed by atoms with Crippen LogP contribution in [0.2, 0.25) is 0 Å². The summed E-state index contributed by atoms with van der Waals surface area (Å²) in [6.07, 6.45) is -0.526. The van der Waals surface area contributed by atoms with E-state index in [0.717, 1.165) is 0 Å². The number of hydrogen-bond donors (Lipinski definition) is 2. The first-order valence-corrected chi connectivity index (χ1v) is 18.1. The maximum absolute atomic E-state index is 13.1. The second-order valence-corrected chi connectivity index (χ2v) is 14.0. The molecule has 3 heterocycles. The Kier molecular flexibility index (Phi) is 9.44. The molecular formula is C35H33N5O7PS+. The van der Waals surface area contributed by atoms with Gasteiger partial charge < -0.3 is 9.47 Å². The highest BCUT2D eigenvalue weighted by atomic mass is 32.4. The monoisotopic (exact) mass is 698 g/mol. The molecule has 1 aliphatic carbocycles. The van der Waals surface area contributed by atoms with Crippen molar-refractivity contribution < 1.29 is 28.1 Å². The van der Waals surface area contributed by atoms with Crippen molar-refractivity contribution in [3.05, 3.63) is 112 Å². The van der Waals surface area contributed by atoms with Gasteiger partial charge in [-0.1, -0.05) is 80.6 Å². The van der Waals surface area contributed by atoms with Crippen LogP contribution >= 0.6 is 7.15 Å². The van der Waals surface area contributed by atoms with Gasteiger partial charge in [0.15, 0.2) is 11.2 Å². The van der Waals surface area contributed by atoms with Crippen LogP contribution in [0.25, 0.3) is 22.3 Å². The van der Waals surface area contributed by atoms with Gasteiger partial charge in [-0.2, -0.15) is 4.98 Å². The van der Waals surface area contributed by atoms with E-state index in [1.54, 1.807) is 42.7 Å². The molecule has 2 aromatic heterocycles. The predicted octanol–water partition coefficient (Wildman–Crippen LogP) is 5.85. The van der Waals surface area contributed by atoms with Crippen LogP contribution in [0, 0.1) is 5.92 Å². The number of amides is 1. The van der Waals surface area contributed by atoms with Gasteiger partial charge in [0.05, 0.1) is 11.9 Å². The highest BCUT2D eigenvalue weighted by Gasteiger charge is 2.42. The average Bonchev–Trinajstić information content (AvgIpc) is 3.80. The van der Waals surface area contributed by atoms with Crippen LogP contribution in [0.15, 0.2) is 90.0 Å². The molecule has 1 amide bonds. The normalized spacial score (nSPS) is 18.8. The molecule has 1 fully saturated rings. The van der Waals surface area contributed by atoms with Crippen molar-refractivity contribution >= 4 is 47.9 Å². The predicted molar refractivity (Wildman–Crippen MR) is 186 cm³/mol. The summed E-state index contributed by atoms with van der Waals surface area (Å²) in [4.78, 5) is 49.5. The number of carbonyl (C=O) groups excluding carboxylic acids is 2. The number of aromatic amines is 1. The van der Waals surface area contributed by atoms with Crippen molar-refractivity contribution in [1.82, 2.24) is 19.5 Å². The van der Waals surface area contributed by atoms with Crippen LogP contribution < -0.4 is 10.9 Å². The van der Waals surface area contributed by atoms with Crippen LogP contribution in [-0.2, 0) is 35.1 Å². The fourth-order valence-corrected chi connectivity index (χ4v) is 7.11. The molecule has 7 rings (SSSR count). The van der Waals surface area contributed by atoms with Gasteiger partial charge >= 0.3 is 13.1 Å². The van der Waals surface area contributed by atoms with Gasteiger partial charge in [-0.25, -0.2) is 9.78 Å². The number of ether oxygens (including phenoxy) is 2. The Morgan fingerprint density at radius 3 is 2.35 bits per heavy atom. The topological polar surface area (TPSA) is 147 Å². The second kappa shape index (κ2) is 14.1. The zero-order chi connectivity index (χ0) is 34.1. The highest BCUT2D eigenvalue weighted by molar-refractivity contribution is 8.00. The summed E-state index contributed by atoms with van der Waals surface area (Å²) in [5, 5.41) is 2.62. The molecule has 0 spiro atoms. The molecule has 0 radical (unpaired) electrons. The van der Waals surface area contributed by atoms with E-state index in [9.17, 15) is 14.4 Å². The summed E-state index contributed by atoms with van der Waals surface area (Å²) >= 11 is 5.62. The van der Waals surface area contributed by atoms with Crippen LogP contribution in [0.5, 0.6) is 0 Å². The smallest absolute Gasteiger partial charge is 0.456 e. The summed E-state index contributed by atoms with van der Waals surface area (Å²) in [6.45, 7) is 3.80. The Labute approximate surface area is 287 Å². The quantitative estimate of drug-likeness (QED) is 0.127. The molecule has 2 N–H and O–H groups in total. The number of fused-ring (bicyclic) bond motifs is 4. The number of H-pyrrole nitrogens is 1. The van der Waals surface area contributed by atoms with Crippen molar-refractivity contribution in [2.45, 2.75) is 44.6 Å². The number of hydrogen-bond acceptors (Lipinski definition) is 10. The molecule has 3 aromatic carbocycles. The lowest BCUT2D eigenvalue weighted by Crippen LogP contribution is -2.30. The Hall–Kier alpha value is -4.65. The lowest BCUT2D eigenvalue weighted by Gasteiger charge is -2.17. The average molecular weight is 699 g/mol. The van der Waals surface area contributed by atoms with Crippen LogP contribution in [0.4, 0.5) is 5.95 Å². The minimum absolute atomic E-state index is 0.00732. The lowest BCUT2D eigenvalue weighted by atomic mass is 9.98. The van der Waals surface area contributed by atoms with Gasteiger partial charge in [-0.05, 0) is 34.4 Å². The molecule has 1 saturated heterocycles. The standard InChI is InChI=1S/C35H32N5O7PS/c1-20(2)32(41)38-35-37-31-30(33(42)39-35)36-19-40(31)29-16-27(47-34(43)21-10-4-3-5-11-21)28(46-29)18-45-48(49)44-17-26-24-14-8-6-12-22(24)23-13-7-9-15-25(23)26/h3-15,19-20,26-29H,16-18H2,1-2H3,(H-,37,38,39,41,42)/p+1/t27-,28+,29+/m0/s1. The third-order valence-corrected chi connectivity index (χ3v) is 9.96. The molecule has 5 aromatic rings. The Morgan fingerprint density at radius 1 is 1.00 bits per heavy atom. The number of esters is 1. The maximum Gasteiger partial charge on any atom is 0.521 e. The number of nitrogens with zero attached hydrogens (tertiary/aromatic N) is 3. The summed E-state index contributed by atoms with van der Waals surface area (Å²) in [6, 6.07) is 25.2. The fraction of sp³-hybridized carbons (Fsp3) is 0.286. The summed E-state index contributed by atoms with van der Waals surface area (Å²) in [7, 11) is -1.74. The number of imidazole rings is 1. The van der Waals surface area contributed by atoms with E-state index in [0.29, 0.717) is 12.2 Å². The van der Waals surface area contributed by atoms with E-state index in [1.807, 2.05) is 30.3 Å². The molecule has 1 unspecified atom stereocenters. The van der Waals surface area contributed by atoms with Crippen molar-refractivity contribution in [2.75, 3.05) is 18.5 Å². The van der Waals surface area contributed by atoms with Gasteiger partial charge in [0.2, 0.25) is 23.7 Å². The molecule has 12 nitrogen and oxygen atoms in total. The minimum atomic E-state index is -1.74. The zero-order valence-corrected chi connectivity index (χ0v) is 28.4. The van der Waals surface area contributed by atoms with Crippen molar-refractivity contribution in [2.24, 2.45) is 5.92 Å². The highest BCUT2D eigenvalue weighted by Crippen LogP contribution is 2.46. The van der Waals surface area contributed by atoms with E-state index in [1.165, 1.54) is 28.6 Å². The van der Waals surface area contributed by atoms with E-state index >= 15 is 0 Å². The fourth-order valence-electron chi connectivity index (χ4n) is 6.13. The van der Waals surface area contributed by atoms with Crippen molar-refractivity contribution in [3.63, 3.8) is 0 Å². The first-order chi connectivity index (χ1) is 23.8. The number of aromatic nitrogens is 4. The van der Waals surface area contributed by atoms with Gasteiger partial charge in [0.25, 0.3) is 5.56 Å². The number of anilines is 1. The Morgan fingerprint density at radius 2 is 1.65 bits per heavy atom. The SMILES string of the molecule is CC(C)C(=O)Nc1nc2c(ncn2[C@H]2C[C@H](OC(=O)c3ccccc3)[C@@H](CO[P+](=S)OCC3c4ccccc4-c4ccccc43)O2)c(=O)[nH]1. The second-order valence-electron chi connectivity index (χ2n) is 12.1. The number of rotatable bonds is 11. The molecule has 14 heteroatoms. The first-order valence-electron chi connectivity index (χ1n) is 15.9.